The molecular weight excluding hydrogens is 328 g/mol. The van der Waals surface area contributed by atoms with E-state index >= 15 is 0 Å². The fourth-order valence-corrected chi connectivity index (χ4v) is 4.01. The first-order valence-corrected chi connectivity index (χ1v) is 9.28. The van der Waals surface area contributed by atoms with Crippen LogP contribution in [-0.2, 0) is 6.54 Å². The summed E-state index contributed by atoms with van der Waals surface area (Å²) >= 11 is 1.69. The number of carbonyl (C=O) groups excluding carboxylic acids is 1. The highest BCUT2D eigenvalue weighted by Gasteiger charge is 2.17. The number of hydrogen-bond donors (Lipinski definition) is 1. The highest BCUT2D eigenvalue weighted by atomic mass is 32.1. The van der Waals surface area contributed by atoms with Crippen LogP contribution in [0.1, 0.15) is 41.3 Å². The van der Waals surface area contributed by atoms with Crippen LogP contribution in [0.5, 0.6) is 0 Å². The van der Waals surface area contributed by atoms with Crippen molar-refractivity contribution in [1.29, 1.82) is 0 Å². The zero-order valence-electron chi connectivity index (χ0n) is 14.2. The predicted octanol–water partition coefficient (Wildman–Crippen LogP) is 4.93. The topological polar surface area (TPSA) is 48.0 Å². The standard InChI is InChI=1S/C21H19N2OS/c1-13(2)15-6-7-16-19(10-15)23(11-14-8-9-25-12-14)18-5-3-4-17(20(16)18)21(22)24/h3-6,8-10,12-13H,11H2,1-2H3,(H2,22,24). The van der Waals surface area contributed by atoms with Gasteiger partial charge in [0.2, 0.25) is 5.91 Å². The van der Waals surface area contributed by atoms with Gasteiger partial charge in [-0.2, -0.15) is 11.3 Å². The van der Waals surface area contributed by atoms with E-state index in [1.54, 1.807) is 17.4 Å². The number of primary amides is 1. The fraction of sp³-hybridized carbons (Fsp3) is 0.190. The number of amides is 1. The Labute approximate surface area is 150 Å². The van der Waals surface area contributed by atoms with Crippen molar-refractivity contribution in [2.45, 2.75) is 26.3 Å². The molecule has 2 heterocycles. The Morgan fingerprint density at radius 2 is 2.12 bits per heavy atom. The first kappa shape index (κ1) is 15.9. The van der Waals surface area contributed by atoms with E-state index in [9.17, 15) is 4.79 Å². The molecule has 0 bridgehead atoms. The second-order valence-electron chi connectivity index (χ2n) is 6.63. The number of thiophene rings is 1. The second kappa shape index (κ2) is 6.05. The van der Waals surface area contributed by atoms with Gasteiger partial charge in [0.05, 0.1) is 11.0 Å². The first-order valence-electron chi connectivity index (χ1n) is 8.33. The number of carbonyl (C=O) groups is 1. The summed E-state index contributed by atoms with van der Waals surface area (Å²) in [6, 6.07) is 15.5. The van der Waals surface area contributed by atoms with E-state index < -0.39 is 5.91 Å². The maximum absolute atomic E-state index is 12.0. The minimum Gasteiger partial charge on any atom is -0.366 e. The first-order chi connectivity index (χ1) is 12.1. The Hall–Kier alpha value is -2.59. The van der Waals surface area contributed by atoms with Gasteiger partial charge in [0.25, 0.3) is 0 Å². The highest BCUT2D eigenvalue weighted by Crippen LogP contribution is 2.34. The molecule has 4 aromatic rings. The van der Waals surface area contributed by atoms with Gasteiger partial charge in [-0.3, -0.25) is 4.79 Å². The minimum absolute atomic E-state index is 0.401. The molecular formula is C21H19N2OS. The molecule has 3 nitrogen and oxygen atoms in total. The number of nitrogens with zero attached hydrogens (tertiary/aromatic N) is 1. The molecule has 0 spiro atoms. The molecule has 125 valence electrons. The van der Waals surface area contributed by atoms with E-state index in [0.29, 0.717) is 11.5 Å². The molecule has 2 aromatic carbocycles. The number of benzene rings is 2. The molecule has 0 aliphatic carbocycles. The Kier molecular flexibility index (Phi) is 3.85. The molecule has 2 aromatic heterocycles. The summed E-state index contributed by atoms with van der Waals surface area (Å²) in [5.74, 6) is 0.0189. The molecule has 4 rings (SSSR count). The van der Waals surface area contributed by atoms with Gasteiger partial charge in [0.15, 0.2) is 0 Å². The largest absolute Gasteiger partial charge is 0.366 e. The summed E-state index contributed by atoms with van der Waals surface area (Å²) in [7, 11) is 0. The Balaban J connectivity index is 2.09. The van der Waals surface area contributed by atoms with Gasteiger partial charge >= 0.3 is 0 Å². The molecule has 0 atom stereocenters. The van der Waals surface area contributed by atoms with E-state index in [2.05, 4.69) is 53.4 Å². The van der Waals surface area contributed by atoms with Gasteiger partial charge in [-0.1, -0.05) is 26.0 Å². The molecule has 1 amide bonds. The Morgan fingerprint density at radius 1 is 1.28 bits per heavy atom. The van der Waals surface area contributed by atoms with Crippen LogP contribution >= 0.6 is 11.3 Å². The summed E-state index contributed by atoms with van der Waals surface area (Å²) in [5, 5.41) is 6.11. The van der Waals surface area contributed by atoms with Crippen LogP contribution < -0.4 is 5.73 Å². The number of aromatic nitrogens is 1. The van der Waals surface area contributed by atoms with Gasteiger partial charge in [-0.05, 0) is 58.1 Å². The summed E-state index contributed by atoms with van der Waals surface area (Å²) in [4.78, 5) is 12.0. The molecule has 0 saturated heterocycles. The van der Waals surface area contributed by atoms with Crippen molar-refractivity contribution in [3.05, 3.63) is 69.9 Å². The maximum Gasteiger partial charge on any atom is 0.249 e. The van der Waals surface area contributed by atoms with Crippen LogP contribution in [0.2, 0.25) is 0 Å². The van der Waals surface area contributed by atoms with Gasteiger partial charge < -0.3 is 10.3 Å². The van der Waals surface area contributed by atoms with Gasteiger partial charge in [0, 0.05) is 22.9 Å². The number of fused-ring (bicyclic) bond motifs is 3. The summed E-state index contributed by atoms with van der Waals surface area (Å²) in [6.07, 6.45) is 0. The van der Waals surface area contributed by atoms with Crippen molar-refractivity contribution < 1.29 is 4.79 Å². The lowest BCUT2D eigenvalue weighted by atomic mass is 10.00. The van der Waals surface area contributed by atoms with Gasteiger partial charge in [0.1, 0.15) is 0 Å². The average Bonchev–Trinajstić information content (AvgIpc) is 3.21. The SMILES string of the molecule is CC(C)c1c[c]c2c3c(C(N)=O)cccc3n(Cc3ccsc3)c2c1. The monoisotopic (exact) mass is 347 g/mol. The zero-order chi connectivity index (χ0) is 17.6. The molecule has 0 aliphatic rings. The molecule has 0 unspecified atom stereocenters. The number of hydrogen-bond acceptors (Lipinski definition) is 2. The van der Waals surface area contributed by atoms with Crippen LogP contribution in [0, 0.1) is 6.07 Å². The van der Waals surface area contributed by atoms with Crippen LogP contribution in [0.25, 0.3) is 21.8 Å². The second-order valence-corrected chi connectivity index (χ2v) is 7.41. The van der Waals surface area contributed by atoms with Crippen LogP contribution in [0.15, 0.2) is 47.2 Å². The zero-order valence-corrected chi connectivity index (χ0v) is 15.1. The summed E-state index contributed by atoms with van der Waals surface area (Å²) in [5.41, 5.74) is 10.8. The van der Waals surface area contributed by atoms with Crippen molar-refractivity contribution in [3.8, 4) is 0 Å². The van der Waals surface area contributed by atoms with E-state index in [4.69, 9.17) is 5.73 Å². The maximum atomic E-state index is 12.0. The lowest BCUT2D eigenvalue weighted by molar-refractivity contribution is 0.100. The van der Waals surface area contributed by atoms with E-state index in [1.165, 1.54) is 11.1 Å². The van der Waals surface area contributed by atoms with Gasteiger partial charge in [-0.25, -0.2) is 0 Å². The Bertz CT molecular complexity index is 1070. The molecule has 0 aliphatic heterocycles. The number of nitrogens with two attached hydrogens (primary N) is 1. The predicted molar refractivity (Wildman–Crippen MR) is 104 cm³/mol. The van der Waals surface area contributed by atoms with Gasteiger partial charge in [-0.15, -0.1) is 0 Å². The van der Waals surface area contributed by atoms with Crippen molar-refractivity contribution >= 4 is 39.0 Å². The van der Waals surface area contributed by atoms with Crippen LogP contribution in [-0.4, -0.2) is 10.5 Å². The third kappa shape index (κ3) is 2.63. The van der Waals surface area contributed by atoms with Crippen molar-refractivity contribution in [2.75, 3.05) is 0 Å². The van der Waals surface area contributed by atoms with E-state index in [-0.39, 0.29) is 0 Å². The van der Waals surface area contributed by atoms with E-state index in [1.807, 2.05) is 12.1 Å². The lowest BCUT2D eigenvalue weighted by Crippen LogP contribution is -2.11. The smallest absolute Gasteiger partial charge is 0.249 e. The third-order valence-electron chi connectivity index (χ3n) is 4.67. The quantitative estimate of drug-likeness (QED) is 0.559. The van der Waals surface area contributed by atoms with Crippen molar-refractivity contribution in [3.63, 3.8) is 0 Å². The molecule has 1 radical (unpaired) electrons. The average molecular weight is 347 g/mol. The molecule has 0 fully saturated rings. The lowest BCUT2D eigenvalue weighted by Gasteiger charge is -2.09. The molecule has 0 saturated carbocycles. The fourth-order valence-electron chi connectivity index (χ4n) is 3.35. The molecule has 4 heteroatoms. The summed E-state index contributed by atoms with van der Waals surface area (Å²) < 4.78 is 2.27. The number of rotatable bonds is 4. The third-order valence-corrected chi connectivity index (χ3v) is 5.40. The minimum atomic E-state index is -0.401. The van der Waals surface area contributed by atoms with E-state index in [0.717, 1.165) is 28.4 Å². The van der Waals surface area contributed by atoms with Crippen molar-refractivity contribution in [1.82, 2.24) is 4.57 Å². The summed E-state index contributed by atoms with van der Waals surface area (Å²) in [6.45, 7) is 5.12. The van der Waals surface area contributed by atoms with Crippen molar-refractivity contribution in [2.24, 2.45) is 5.73 Å². The molecule has 2 N–H and O–H groups in total. The highest BCUT2D eigenvalue weighted by molar-refractivity contribution is 7.07. The van der Waals surface area contributed by atoms with Crippen LogP contribution in [0.4, 0.5) is 0 Å². The Morgan fingerprint density at radius 3 is 2.80 bits per heavy atom. The van der Waals surface area contributed by atoms with Crippen LogP contribution in [0.3, 0.4) is 0 Å². The normalized spacial score (nSPS) is 11.6. The molecule has 25 heavy (non-hydrogen) atoms.